The molecule has 0 bridgehead atoms. The van der Waals surface area contributed by atoms with Gasteiger partial charge in [-0.1, -0.05) is 57.5 Å². The van der Waals surface area contributed by atoms with Gasteiger partial charge >= 0.3 is 5.97 Å². The number of rotatable bonds is 5. The van der Waals surface area contributed by atoms with Gasteiger partial charge in [-0.15, -0.1) is 0 Å². The Kier molecular flexibility index (Phi) is 4.11. The van der Waals surface area contributed by atoms with Gasteiger partial charge in [0.15, 0.2) is 0 Å². The van der Waals surface area contributed by atoms with Gasteiger partial charge in [0, 0.05) is 0 Å². The average molecular weight is 220 g/mol. The molecule has 2 heteroatoms. The lowest BCUT2D eigenvalue weighted by atomic mass is 9.78. The van der Waals surface area contributed by atoms with Crippen molar-refractivity contribution < 1.29 is 9.90 Å². The second-order valence-corrected chi connectivity index (χ2v) is 5.02. The molecule has 1 rings (SSSR count). The molecule has 0 aromatic heterocycles. The van der Waals surface area contributed by atoms with Crippen LogP contribution >= 0.6 is 0 Å². The van der Waals surface area contributed by atoms with E-state index in [1.54, 1.807) is 0 Å². The molecule has 0 saturated heterocycles. The lowest BCUT2D eigenvalue weighted by molar-refractivity contribution is -0.139. The number of carbonyl (C=O) groups is 1. The number of carboxylic acids is 1. The van der Waals surface area contributed by atoms with Crippen molar-refractivity contribution in [3.05, 3.63) is 35.9 Å². The first kappa shape index (κ1) is 12.8. The van der Waals surface area contributed by atoms with Gasteiger partial charge in [0.25, 0.3) is 0 Å². The van der Waals surface area contributed by atoms with E-state index in [2.05, 4.69) is 20.8 Å². The van der Waals surface area contributed by atoms with Crippen LogP contribution in [0.2, 0.25) is 0 Å². The van der Waals surface area contributed by atoms with Crippen molar-refractivity contribution in [3.63, 3.8) is 0 Å². The standard InChI is InChI=1S/C14H20O2/c1-4-14(2,3)10-12(13(15)16)11-8-6-5-7-9-11/h5-9,12H,4,10H2,1-3H3,(H,15,16). The Morgan fingerprint density at radius 1 is 1.31 bits per heavy atom. The molecule has 1 aromatic rings. The summed E-state index contributed by atoms with van der Waals surface area (Å²) in [5, 5.41) is 9.29. The normalized spacial score (nSPS) is 13.4. The number of aliphatic carboxylic acids is 1. The summed E-state index contributed by atoms with van der Waals surface area (Å²) in [6.45, 7) is 6.33. The topological polar surface area (TPSA) is 37.3 Å². The molecule has 0 amide bonds. The maximum absolute atomic E-state index is 11.3. The molecule has 1 N–H and O–H groups in total. The third-order valence-corrected chi connectivity index (χ3v) is 3.21. The molecule has 0 aliphatic heterocycles. The molecule has 1 unspecified atom stereocenters. The summed E-state index contributed by atoms with van der Waals surface area (Å²) in [4.78, 5) is 11.3. The van der Waals surface area contributed by atoms with E-state index >= 15 is 0 Å². The van der Waals surface area contributed by atoms with Crippen molar-refractivity contribution in [1.82, 2.24) is 0 Å². The van der Waals surface area contributed by atoms with Crippen LogP contribution in [0.1, 0.15) is 45.1 Å². The number of benzene rings is 1. The predicted molar refractivity (Wildman–Crippen MR) is 65.5 cm³/mol. The Morgan fingerprint density at radius 3 is 2.31 bits per heavy atom. The molecule has 2 nitrogen and oxygen atoms in total. The molecule has 1 atom stereocenters. The summed E-state index contributed by atoms with van der Waals surface area (Å²) in [6, 6.07) is 9.48. The fourth-order valence-corrected chi connectivity index (χ4v) is 1.73. The van der Waals surface area contributed by atoms with Crippen LogP contribution in [0.25, 0.3) is 0 Å². The van der Waals surface area contributed by atoms with Crippen molar-refractivity contribution >= 4 is 5.97 Å². The first-order valence-corrected chi connectivity index (χ1v) is 5.74. The van der Waals surface area contributed by atoms with Gasteiger partial charge in [0.05, 0.1) is 5.92 Å². The van der Waals surface area contributed by atoms with E-state index in [1.165, 1.54) is 0 Å². The maximum atomic E-state index is 11.3. The van der Waals surface area contributed by atoms with Crippen LogP contribution in [0.5, 0.6) is 0 Å². The van der Waals surface area contributed by atoms with E-state index in [0.717, 1.165) is 12.0 Å². The summed E-state index contributed by atoms with van der Waals surface area (Å²) >= 11 is 0. The lowest BCUT2D eigenvalue weighted by Crippen LogP contribution is -2.20. The summed E-state index contributed by atoms with van der Waals surface area (Å²) in [6.07, 6.45) is 1.67. The Hall–Kier alpha value is -1.31. The zero-order valence-corrected chi connectivity index (χ0v) is 10.2. The van der Waals surface area contributed by atoms with Gasteiger partial charge in [-0.05, 0) is 17.4 Å². The Labute approximate surface area is 97.3 Å². The molecule has 88 valence electrons. The van der Waals surface area contributed by atoms with Gasteiger partial charge in [0.2, 0.25) is 0 Å². The quantitative estimate of drug-likeness (QED) is 0.821. The highest BCUT2D eigenvalue weighted by Gasteiger charge is 2.27. The first-order valence-electron chi connectivity index (χ1n) is 5.74. The minimum atomic E-state index is -0.729. The third kappa shape index (κ3) is 3.37. The van der Waals surface area contributed by atoms with Crippen molar-refractivity contribution in [2.75, 3.05) is 0 Å². The minimum absolute atomic E-state index is 0.0684. The van der Waals surface area contributed by atoms with E-state index in [-0.39, 0.29) is 5.41 Å². The highest BCUT2D eigenvalue weighted by Crippen LogP contribution is 2.34. The fourth-order valence-electron chi connectivity index (χ4n) is 1.73. The summed E-state index contributed by atoms with van der Waals surface area (Å²) in [5.41, 5.74) is 0.968. The Bertz CT molecular complexity index is 341. The van der Waals surface area contributed by atoms with Crippen LogP contribution in [-0.4, -0.2) is 11.1 Å². The van der Waals surface area contributed by atoms with E-state index in [1.807, 2.05) is 30.3 Å². The minimum Gasteiger partial charge on any atom is -0.481 e. The molecule has 0 radical (unpaired) electrons. The van der Waals surface area contributed by atoms with Crippen LogP contribution in [0.4, 0.5) is 0 Å². The van der Waals surface area contributed by atoms with Crippen molar-refractivity contribution in [3.8, 4) is 0 Å². The molecule has 0 fully saturated rings. The number of hydrogen-bond donors (Lipinski definition) is 1. The van der Waals surface area contributed by atoms with Gasteiger partial charge < -0.3 is 5.11 Å². The van der Waals surface area contributed by atoms with Gasteiger partial charge in [-0.3, -0.25) is 4.79 Å². The van der Waals surface area contributed by atoms with Crippen LogP contribution in [0.3, 0.4) is 0 Å². The van der Waals surface area contributed by atoms with E-state index < -0.39 is 11.9 Å². The zero-order chi connectivity index (χ0) is 12.2. The summed E-state index contributed by atoms with van der Waals surface area (Å²) in [7, 11) is 0. The smallest absolute Gasteiger partial charge is 0.310 e. The van der Waals surface area contributed by atoms with Crippen LogP contribution in [0.15, 0.2) is 30.3 Å². The second kappa shape index (κ2) is 5.15. The van der Waals surface area contributed by atoms with Gasteiger partial charge in [-0.25, -0.2) is 0 Å². The SMILES string of the molecule is CCC(C)(C)CC(C(=O)O)c1ccccc1. The van der Waals surface area contributed by atoms with Crippen molar-refractivity contribution in [2.24, 2.45) is 5.41 Å². The highest BCUT2D eigenvalue weighted by atomic mass is 16.4. The molecule has 0 aliphatic rings. The van der Waals surface area contributed by atoms with E-state index in [9.17, 15) is 9.90 Å². The zero-order valence-electron chi connectivity index (χ0n) is 10.2. The van der Waals surface area contributed by atoms with Crippen LogP contribution in [0, 0.1) is 5.41 Å². The van der Waals surface area contributed by atoms with Crippen LogP contribution in [-0.2, 0) is 4.79 Å². The van der Waals surface area contributed by atoms with Gasteiger partial charge in [-0.2, -0.15) is 0 Å². The lowest BCUT2D eigenvalue weighted by Gasteiger charge is -2.26. The largest absolute Gasteiger partial charge is 0.481 e. The molecule has 1 aromatic carbocycles. The Balaban J connectivity index is 2.89. The first-order chi connectivity index (χ1) is 7.46. The van der Waals surface area contributed by atoms with Crippen LogP contribution < -0.4 is 0 Å². The molecule has 0 spiro atoms. The molecular formula is C14H20O2. The number of hydrogen-bond acceptors (Lipinski definition) is 1. The number of carboxylic acid groups (broad SMARTS) is 1. The molecule has 0 saturated carbocycles. The monoisotopic (exact) mass is 220 g/mol. The fraction of sp³-hybridized carbons (Fsp3) is 0.500. The maximum Gasteiger partial charge on any atom is 0.310 e. The molecular weight excluding hydrogens is 200 g/mol. The molecule has 0 heterocycles. The summed E-state index contributed by atoms with van der Waals surface area (Å²) in [5.74, 6) is -1.12. The second-order valence-electron chi connectivity index (χ2n) is 5.02. The molecule has 16 heavy (non-hydrogen) atoms. The third-order valence-electron chi connectivity index (χ3n) is 3.21. The Morgan fingerprint density at radius 2 is 1.88 bits per heavy atom. The van der Waals surface area contributed by atoms with Crippen molar-refractivity contribution in [2.45, 2.75) is 39.5 Å². The summed E-state index contributed by atoms with van der Waals surface area (Å²) < 4.78 is 0. The van der Waals surface area contributed by atoms with E-state index in [0.29, 0.717) is 6.42 Å². The average Bonchev–Trinajstić information content (AvgIpc) is 2.27. The predicted octanol–water partition coefficient (Wildman–Crippen LogP) is 3.68. The van der Waals surface area contributed by atoms with E-state index in [4.69, 9.17) is 0 Å². The van der Waals surface area contributed by atoms with Gasteiger partial charge in [0.1, 0.15) is 0 Å². The van der Waals surface area contributed by atoms with Crippen molar-refractivity contribution in [1.29, 1.82) is 0 Å². The molecule has 0 aliphatic carbocycles. The highest BCUT2D eigenvalue weighted by molar-refractivity contribution is 5.76.